The number of hydrogen-bond acceptors (Lipinski definition) is 2. The van der Waals surface area contributed by atoms with Crippen LogP contribution in [0.15, 0.2) is 0 Å². The van der Waals surface area contributed by atoms with Gasteiger partial charge in [0.1, 0.15) is 0 Å². The van der Waals surface area contributed by atoms with Crippen LogP contribution in [0.25, 0.3) is 0 Å². The number of aliphatic hydroxyl groups excluding tert-OH is 1. The molecule has 0 aliphatic carbocycles. The topological polar surface area (TPSA) is 20.2 Å². The fraction of sp³-hybridized carbons (Fsp3) is 1.00. The average Bonchev–Trinajstić information content (AvgIpc) is 2.03. The van der Waals surface area contributed by atoms with E-state index in [4.69, 9.17) is 0 Å². The fourth-order valence-electron chi connectivity index (χ4n) is 1.18. The van der Waals surface area contributed by atoms with Gasteiger partial charge in [-0.05, 0) is 0 Å². The Kier molecular flexibility index (Phi) is 7.68. The predicted octanol–water partition coefficient (Wildman–Crippen LogP) is 3.30. The molecule has 1 unspecified atom stereocenters. The summed E-state index contributed by atoms with van der Waals surface area (Å²) in [4.78, 5) is 0. The zero-order valence-corrected chi connectivity index (χ0v) is 12.1. The molecule has 13 heavy (non-hydrogen) atoms. The molecular formula is C10H23AsOS. The second-order valence-corrected chi connectivity index (χ2v) is 14.2. The molecular weight excluding hydrogens is 243 g/mol. The molecule has 0 fully saturated rings. The normalized spacial score (nSPS) is 14.5. The third-order valence-electron chi connectivity index (χ3n) is 1.91. The predicted molar refractivity (Wildman–Crippen MR) is 64.7 cm³/mol. The van der Waals surface area contributed by atoms with Crippen LogP contribution in [0.2, 0.25) is 9.41 Å². The Morgan fingerprint density at radius 3 is 1.92 bits per heavy atom. The van der Waals surface area contributed by atoms with Crippen molar-refractivity contribution in [1.82, 2.24) is 0 Å². The molecule has 1 nitrogen and oxygen atoms in total. The van der Waals surface area contributed by atoms with E-state index in [1.165, 1.54) is 0 Å². The summed E-state index contributed by atoms with van der Waals surface area (Å²) < 4.78 is 1.70. The van der Waals surface area contributed by atoms with Crippen LogP contribution in [-0.4, -0.2) is 30.5 Å². The monoisotopic (exact) mass is 266 g/mol. The van der Waals surface area contributed by atoms with Crippen molar-refractivity contribution in [1.29, 1.82) is 0 Å². The molecule has 0 saturated heterocycles. The van der Waals surface area contributed by atoms with E-state index in [0.29, 0.717) is 0 Å². The zero-order valence-electron chi connectivity index (χ0n) is 9.45. The van der Waals surface area contributed by atoms with Gasteiger partial charge in [0.25, 0.3) is 0 Å². The molecule has 0 saturated carbocycles. The van der Waals surface area contributed by atoms with Gasteiger partial charge >= 0.3 is 90.9 Å². The molecule has 80 valence electrons. The van der Waals surface area contributed by atoms with Crippen molar-refractivity contribution >= 4 is 23.5 Å². The molecule has 0 amide bonds. The summed E-state index contributed by atoms with van der Waals surface area (Å²) in [6.07, 6.45) is 0.810. The summed E-state index contributed by atoms with van der Waals surface area (Å²) in [5, 5.41) is 9.47. The molecule has 0 aliphatic rings. The van der Waals surface area contributed by atoms with Gasteiger partial charge in [0.05, 0.1) is 0 Å². The van der Waals surface area contributed by atoms with Gasteiger partial charge in [0, 0.05) is 0 Å². The first-order chi connectivity index (χ1) is 5.99. The zero-order chi connectivity index (χ0) is 10.4. The number of hydrogen-bond donors (Lipinski definition) is 1. The van der Waals surface area contributed by atoms with Crippen LogP contribution in [0.5, 0.6) is 0 Å². The molecule has 0 spiro atoms. The van der Waals surface area contributed by atoms with Gasteiger partial charge in [0.15, 0.2) is 0 Å². The second kappa shape index (κ2) is 7.20. The number of rotatable bonds is 6. The summed E-state index contributed by atoms with van der Waals surface area (Å²) in [5.41, 5.74) is 0. The maximum absolute atomic E-state index is 9.47. The molecule has 0 aromatic heterocycles. The van der Waals surface area contributed by atoms with E-state index in [9.17, 15) is 5.11 Å². The molecule has 0 aliphatic heterocycles. The van der Waals surface area contributed by atoms with Crippen molar-refractivity contribution < 1.29 is 5.11 Å². The summed E-state index contributed by atoms with van der Waals surface area (Å²) in [7, 11) is 2.07. The van der Waals surface area contributed by atoms with Crippen LogP contribution in [-0.2, 0) is 0 Å². The minimum atomic E-state index is -0.763. The van der Waals surface area contributed by atoms with Crippen LogP contribution >= 0.6 is 10.0 Å². The standard InChI is InChI=1S/C10H23AsOS/c1-6-10(12)7-13-11(8(2)3)9(4)5/h8-10,12H,6-7H2,1-5H3. The first kappa shape index (κ1) is 13.9. The fourth-order valence-corrected chi connectivity index (χ4v) is 10.8. The van der Waals surface area contributed by atoms with E-state index in [1.807, 2.05) is 6.92 Å². The molecule has 0 heterocycles. The molecule has 1 atom stereocenters. The Balaban J connectivity index is 3.83. The summed E-state index contributed by atoms with van der Waals surface area (Å²) in [6, 6.07) is 0. The van der Waals surface area contributed by atoms with Crippen LogP contribution in [0.4, 0.5) is 0 Å². The van der Waals surface area contributed by atoms with Gasteiger partial charge in [0.2, 0.25) is 0 Å². The summed E-state index contributed by atoms with van der Waals surface area (Å²) >= 11 is -0.763. The van der Waals surface area contributed by atoms with Crippen molar-refractivity contribution in [2.75, 3.05) is 5.75 Å². The van der Waals surface area contributed by atoms with Crippen LogP contribution in [0.3, 0.4) is 0 Å². The summed E-state index contributed by atoms with van der Waals surface area (Å²) in [6.45, 7) is 11.3. The third-order valence-corrected chi connectivity index (χ3v) is 14.2. The van der Waals surface area contributed by atoms with E-state index < -0.39 is 13.5 Å². The van der Waals surface area contributed by atoms with Crippen molar-refractivity contribution in [3.63, 3.8) is 0 Å². The Bertz CT molecular complexity index is 120. The Hall–Kier alpha value is 0.868. The summed E-state index contributed by atoms with van der Waals surface area (Å²) in [5.74, 6) is 0.951. The second-order valence-electron chi connectivity index (χ2n) is 3.91. The van der Waals surface area contributed by atoms with Gasteiger partial charge in [-0.2, -0.15) is 0 Å². The molecule has 0 aromatic rings. The van der Waals surface area contributed by atoms with E-state index in [0.717, 1.165) is 21.6 Å². The van der Waals surface area contributed by atoms with Crippen molar-refractivity contribution in [3.05, 3.63) is 0 Å². The first-order valence-corrected chi connectivity index (χ1v) is 10.5. The van der Waals surface area contributed by atoms with E-state index in [-0.39, 0.29) is 6.10 Å². The molecule has 3 heteroatoms. The van der Waals surface area contributed by atoms with Gasteiger partial charge in [-0.3, -0.25) is 0 Å². The maximum atomic E-state index is 9.47. The molecule has 0 radical (unpaired) electrons. The van der Waals surface area contributed by atoms with Gasteiger partial charge in [-0.15, -0.1) is 0 Å². The van der Waals surface area contributed by atoms with Crippen molar-refractivity contribution in [2.45, 2.75) is 56.6 Å². The van der Waals surface area contributed by atoms with Crippen LogP contribution in [0.1, 0.15) is 41.0 Å². The van der Waals surface area contributed by atoms with Gasteiger partial charge < -0.3 is 0 Å². The first-order valence-electron chi connectivity index (χ1n) is 5.08. The Morgan fingerprint density at radius 1 is 1.15 bits per heavy atom. The Labute approximate surface area is 90.9 Å². The molecule has 0 bridgehead atoms. The molecule has 0 rings (SSSR count). The Morgan fingerprint density at radius 2 is 1.62 bits per heavy atom. The third kappa shape index (κ3) is 6.04. The number of aliphatic hydroxyl groups is 1. The van der Waals surface area contributed by atoms with E-state index in [1.54, 1.807) is 0 Å². The van der Waals surface area contributed by atoms with Crippen molar-refractivity contribution in [2.24, 2.45) is 0 Å². The van der Waals surface area contributed by atoms with Gasteiger partial charge in [-0.1, -0.05) is 0 Å². The van der Waals surface area contributed by atoms with E-state index in [2.05, 4.69) is 37.7 Å². The van der Waals surface area contributed by atoms with Crippen LogP contribution < -0.4 is 0 Å². The van der Waals surface area contributed by atoms with E-state index >= 15 is 0 Å². The molecule has 1 N–H and O–H groups in total. The van der Waals surface area contributed by atoms with Crippen LogP contribution in [0, 0.1) is 0 Å². The SMILES string of the molecule is CCC(O)CS[As](C(C)C)C(C)C. The quantitative estimate of drug-likeness (QED) is 0.744. The minimum absolute atomic E-state index is 0.0839. The molecule has 0 aromatic carbocycles. The average molecular weight is 266 g/mol. The van der Waals surface area contributed by atoms with Gasteiger partial charge in [-0.25, -0.2) is 0 Å². The van der Waals surface area contributed by atoms with Crippen molar-refractivity contribution in [3.8, 4) is 0 Å².